The first-order chi connectivity index (χ1) is 22.0. The Labute approximate surface area is 299 Å². The molecule has 0 saturated heterocycles. The normalized spacial score (nSPS) is 10.3. The van der Waals surface area contributed by atoms with Gasteiger partial charge in [0.1, 0.15) is 0 Å². The molecule has 6 aromatic rings. The van der Waals surface area contributed by atoms with Crippen LogP contribution >= 0.6 is 17.0 Å². The summed E-state index contributed by atoms with van der Waals surface area (Å²) in [4.78, 5) is 0. The van der Waals surface area contributed by atoms with Crippen LogP contribution in [0.4, 0.5) is 0 Å². The van der Waals surface area contributed by atoms with Crippen molar-refractivity contribution in [3.63, 3.8) is 0 Å². The van der Waals surface area contributed by atoms with Gasteiger partial charge in [0, 0.05) is 9.52 Å². The molecule has 2 radical (unpaired) electrons. The van der Waals surface area contributed by atoms with Crippen LogP contribution in [-0.2, 0) is 33.7 Å². The zero-order chi connectivity index (χ0) is 34.0. The number of benzene rings is 4. The van der Waals surface area contributed by atoms with Crippen LogP contribution < -0.4 is 0 Å². The zero-order valence-electron chi connectivity index (χ0n) is 29.3. The van der Waals surface area contributed by atoms with Crippen LogP contribution in [0.3, 0.4) is 0 Å². The van der Waals surface area contributed by atoms with Crippen molar-refractivity contribution in [3.05, 3.63) is 129 Å². The molecular weight excluding hydrogens is 695 g/mol. The van der Waals surface area contributed by atoms with Crippen molar-refractivity contribution < 1.29 is 20.8 Å². The summed E-state index contributed by atoms with van der Waals surface area (Å²) >= 11 is -0.826. The van der Waals surface area contributed by atoms with Crippen molar-refractivity contribution in [2.45, 2.75) is 81.3 Å². The van der Waals surface area contributed by atoms with Crippen LogP contribution in [0.15, 0.2) is 84.9 Å². The van der Waals surface area contributed by atoms with Gasteiger partial charge in [-0.15, -0.1) is 69.1 Å². The minimum atomic E-state index is -0.826. The van der Waals surface area contributed by atoms with Gasteiger partial charge in [-0.05, 0) is 98.9 Å². The van der Waals surface area contributed by atoms with Gasteiger partial charge in [0.2, 0.25) is 0 Å². The first-order valence-electron chi connectivity index (χ1n) is 16.1. The molecule has 0 aromatic heterocycles. The number of aryl methyl sites for hydroxylation is 6. The quantitative estimate of drug-likeness (QED) is 0.125. The van der Waals surface area contributed by atoms with E-state index in [0.29, 0.717) is 0 Å². The molecule has 46 heavy (non-hydrogen) atoms. The molecule has 0 aliphatic carbocycles. The summed E-state index contributed by atoms with van der Waals surface area (Å²) in [5, 5.41) is 5.48. The van der Waals surface area contributed by atoms with Crippen molar-refractivity contribution in [1.82, 2.24) is 0 Å². The number of hydrogen-bond acceptors (Lipinski definition) is 0. The van der Waals surface area contributed by atoms with E-state index in [0.717, 1.165) is 22.4 Å². The molecule has 0 nitrogen and oxygen atoms in total. The molecule has 238 valence electrons. The molecule has 0 spiro atoms. The molecule has 0 fully saturated rings. The predicted octanol–water partition coefficient (Wildman–Crippen LogP) is 13.6. The van der Waals surface area contributed by atoms with Gasteiger partial charge in [-0.2, -0.15) is 12.1 Å². The molecule has 6 aromatic carbocycles. The Morgan fingerprint density at radius 2 is 0.870 bits per heavy atom. The predicted molar refractivity (Wildman–Crippen MR) is 206 cm³/mol. The van der Waals surface area contributed by atoms with Gasteiger partial charge in [0.15, 0.2) is 0 Å². The molecule has 0 aliphatic heterocycles. The fourth-order valence-corrected chi connectivity index (χ4v) is 5.89. The molecule has 0 N–H and O–H groups in total. The molecule has 0 heterocycles. The summed E-state index contributed by atoms with van der Waals surface area (Å²) in [6.45, 7) is 22.0. The van der Waals surface area contributed by atoms with Crippen molar-refractivity contribution in [3.8, 4) is 22.3 Å². The van der Waals surface area contributed by atoms with E-state index >= 15 is 0 Å². The van der Waals surface area contributed by atoms with Gasteiger partial charge in [0.05, 0.1) is 0 Å². The van der Waals surface area contributed by atoms with Crippen LogP contribution in [0.25, 0.3) is 43.8 Å². The topological polar surface area (TPSA) is 0 Å². The Bertz CT molecular complexity index is 1690. The van der Waals surface area contributed by atoms with Gasteiger partial charge in [-0.3, -0.25) is 0 Å². The fraction of sp³-hybridized carbons (Fsp3) is 0.286. The summed E-state index contributed by atoms with van der Waals surface area (Å²) in [5.41, 5.74) is 16.5. The number of fused-ring (bicyclic) bond motifs is 2. The molecule has 0 unspecified atom stereocenters. The maximum absolute atomic E-state index is 4.93. The van der Waals surface area contributed by atoms with Crippen molar-refractivity contribution in [2.75, 3.05) is 0 Å². The second-order valence-corrected chi connectivity index (χ2v) is 16.8. The van der Waals surface area contributed by atoms with Gasteiger partial charge < -0.3 is 0 Å². The Morgan fingerprint density at radius 1 is 0.565 bits per heavy atom. The molecule has 4 heteroatoms. The van der Waals surface area contributed by atoms with E-state index in [9.17, 15) is 0 Å². The van der Waals surface area contributed by atoms with E-state index in [1.54, 1.807) is 0 Å². The molecule has 0 atom stereocenters. The van der Waals surface area contributed by atoms with Crippen LogP contribution in [0.5, 0.6) is 0 Å². The van der Waals surface area contributed by atoms with Gasteiger partial charge in [0.25, 0.3) is 0 Å². The first kappa shape index (κ1) is 38.2. The van der Waals surface area contributed by atoms with E-state index in [1.165, 1.54) is 88.3 Å². The Morgan fingerprint density at radius 3 is 1.15 bits per heavy atom. The van der Waals surface area contributed by atoms with E-state index < -0.39 is 20.8 Å². The maximum atomic E-state index is 4.93. The van der Waals surface area contributed by atoms with Crippen LogP contribution in [0.2, 0.25) is 13.1 Å². The van der Waals surface area contributed by atoms with E-state index in [2.05, 4.69) is 153 Å². The molecule has 6 rings (SSSR count). The van der Waals surface area contributed by atoms with Crippen molar-refractivity contribution in [1.29, 1.82) is 0 Å². The molecule has 0 aliphatic rings. The summed E-state index contributed by atoms with van der Waals surface area (Å²) in [5.74, 6) is 0. The average molecular weight is 743 g/mol. The minimum absolute atomic E-state index is 0.826. The Kier molecular flexibility index (Phi) is 15.3. The fourth-order valence-electron chi connectivity index (χ4n) is 5.89. The average Bonchev–Trinajstić information content (AvgIpc) is 3.67. The standard InChI is InChI=1S/2C20H21.C2H6Si.2ClH.Zr/c2*1-5-16-11-17-7-6-8-19(20(17)12-16)18-9-13(2)15(4)14(3)10-18;1-3-2;;;/h2*6-12H,5H2,1-4H3;1-2H3;2*1H;/q2*-1;;;;+4/p-2. The Balaban J connectivity index is 0.000000214. The second-order valence-electron chi connectivity index (χ2n) is 12.1. The van der Waals surface area contributed by atoms with E-state index in [-0.39, 0.29) is 0 Å². The van der Waals surface area contributed by atoms with Gasteiger partial charge in [-0.1, -0.05) is 74.5 Å². The summed E-state index contributed by atoms with van der Waals surface area (Å²) in [7, 11) is 11.0. The summed E-state index contributed by atoms with van der Waals surface area (Å²) in [6, 6.07) is 31.8. The van der Waals surface area contributed by atoms with Gasteiger partial charge >= 0.3 is 37.9 Å². The molecule has 0 saturated carbocycles. The van der Waals surface area contributed by atoms with E-state index in [4.69, 9.17) is 17.0 Å². The van der Waals surface area contributed by atoms with Gasteiger partial charge in [-0.25, -0.2) is 0 Å². The van der Waals surface area contributed by atoms with Crippen molar-refractivity contribution in [2.24, 2.45) is 0 Å². The first-order valence-corrected chi connectivity index (χ1v) is 24.4. The summed E-state index contributed by atoms with van der Waals surface area (Å²) < 4.78 is 0. The third-order valence-corrected chi connectivity index (χ3v) is 8.91. The monoisotopic (exact) mass is 740 g/mol. The molecule has 0 bridgehead atoms. The van der Waals surface area contributed by atoms with Crippen LogP contribution in [0, 0.1) is 41.5 Å². The van der Waals surface area contributed by atoms with Crippen molar-refractivity contribution >= 4 is 48.1 Å². The van der Waals surface area contributed by atoms with Crippen LogP contribution in [0.1, 0.15) is 58.4 Å². The number of halogens is 2. The van der Waals surface area contributed by atoms with Crippen LogP contribution in [-0.4, -0.2) is 9.52 Å². The molecular formula is C42H48Cl2SiZr. The SMILES string of the molecule is CCc1cc2c(-c3cc(C)c(C)c(C)c3)cccc2[cH-]1.CCc1cc2c(-c3cc(C)c(C)c(C)c3)cccc2[cH-]1.C[Si]C.[Cl][Zr+2][Cl]. The zero-order valence-corrected chi connectivity index (χ0v) is 34.2. The third-order valence-electron chi connectivity index (χ3n) is 8.91. The number of rotatable bonds is 4. The molecule has 0 amide bonds. The summed E-state index contributed by atoms with van der Waals surface area (Å²) in [6.07, 6.45) is 2.19. The Hall–Kier alpha value is -2.22. The second kappa shape index (κ2) is 18.4. The number of hydrogen-bond donors (Lipinski definition) is 0. The van der Waals surface area contributed by atoms with E-state index in [1.807, 2.05) is 0 Å². The third kappa shape index (κ3) is 9.44.